The van der Waals surface area contributed by atoms with E-state index < -0.39 is 15.1 Å². The lowest BCUT2D eigenvalue weighted by Gasteiger charge is -2.03. The molecule has 1 aromatic heterocycles. The van der Waals surface area contributed by atoms with E-state index in [-0.39, 0.29) is 0 Å². The van der Waals surface area contributed by atoms with Gasteiger partial charge in [-0.25, -0.2) is 8.42 Å². The Morgan fingerprint density at radius 1 is 1.47 bits per heavy atom. The molecule has 0 saturated carbocycles. The maximum absolute atomic E-state index is 11.3. The van der Waals surface area contributed by atoms with Crippen molar-refractivity contribution >= 4 is 21.2 Å². The highest BCUT2D eigenvalue weighted by Gasteiger charge is 2.21. The number of hydrogen-bond donors (Lipinski definition) is 1. The van der Waals surface area contributed by atoms with Crippen LogP contribution in [0, 0.1) is 0 Å². The van der Waals surface area contributed by atoms with E-state index in [1.54, 1.807) is 14.0 Å². The average molecular weight is 279 g/mol. The van der Waals surface area contributed by atoms with E-state index in [4.69, 9.17) is 4.74 Å². The molecular formula is C9H17N3O3S2. The molecule has 0 amide bonds. The maximum Gasteiger partial charge on any atom is 0.156 e. The van der Waals surface area contributed by atoms with Crippen LogP contribution in [-0.2, 0) is 21.1 Å². The second-order valence-corrected chi connectivity index (χ2v) is 7.14. The summed E-state index contributed by atoms with van der Waals surface area (Å²) in [5, 5.41) is 11.7. The van der Waals surface area contributed by atoms with E-state index in [0.29, 0.717) is 18.2 Å². The molecule has 17 heavy (non-hydrogen) atoms. The van der Waals surface area contributed by atoms with Crippen LogP contribution in [0.5, 0.6) is 0 Å². The molecule has 1 atom stereocenters. The monoisotopic (exact) mass is 279 g/mol. The maximum atomic E-state index is 11.3. The molecule has 1 N–H and O–H groups in total. The predicted octanol–water partition coefficient (Wildman–Crippen LogP) is 0.380. The van der Waals surface area contributed by atoms with Gasteiger partial charge in [-0.05, 0) is 6.92 Å². The van der Waals surface area contributed by atoms with E-state index in [9.17, 15) is 8.42 Å². The van der Waals surface area contributed by atoms with E-state index >= 15 is 0 Å². The van der Waals surface area contributed by atoms with Crippen LogP contribution in [-0.4, -0.2) is 45.1 Å². The Labute approximate surface area is 105 Å². The summed E-state index contributed by atoms with van der Waals surface area (Å²) >= 11 is 1.32. The summed E-state index contributed by atoms with van der Waals surface area (Å²) in [6.45, 7) is 3.56. The molecule has 6 nitrogen and oxygen atoms in total. The fourth-order valence-corrected chi connectivity index (χ4v) is 2.88. The van der Waals surface area contributed by atoms with Crippen LogP contribution in [0.1, 0.15) is 22.2 Å². The third-order valence-electron chi connectivity index (χ3n) is 2.23. The molecule has 0 aliphatic heterocycles. The molecule has 8 heteroatoms. The van der Waals surface area contributed by atoms with E-state index in [1.807, 2.05) is 0 Å². The molecule has 1 unspecified atom stereocenters. The summed E-state index contributed by atoms with van der Waals surface area (Å²) < 4.78 is 27.6. The summed E-state index contributed by atoms with van der Waals surface area (Å²) in [5.74, 6) is 0. The zero-order valence-electron chi connectivity index (χ0n) is 10.1. The first kappa shape index (κ1) is 14.5. The van der Waals surface area contributed by atoms with Gasteiger partial charge in [0.15, 0.2) is 9.84 Å². The lowest BCUT2D eigenvalue weighted by atomic mass is 10.5. The molecule has 0 fully saturated rings. The van der Waals surface area contributed by atoms with Crippen molar-refractivity contribution in [1.82, 2.24) is 15.5 Å². The average Bonchev–Trinajstić information content (AvgIpc) is 2.70. The van der Waals surface area contributed by atoms with Crippen molar-refractivity contribution in [2.24, 2.45) is 0 Å². The van der Waals surface area contributed by atoms with E-state index in [2.05, 4.69) is 15.5 Å². The first-order valence-electron chi connectivity index (χ1n) is 5.16. The Morgan fingerprint density at radius 2 is 2.18 bits per heavy atom. The highest BCUT2D eigenvalue weighted by Crippen LogP contribution is 2.23. The summed E-state index contributed by atoms with van der Waals surface area (Å²) in [7, 11) is -1.47. The second-order valence-electron chi connectivity index (χ2n) is 3.68. The van der Waals surface area contributed by atoms with Gasteiger partial charge in [-0.1, -0.05) is 11.3 Å². The molecule has 0 saturated heterocycles. The Hall–Kier alpha value is -0.570. The van der Waals surface area contributed by atoms with Crippen LogP contribution in [0.25, 0.3) is 0 Å². The van der Waals surface area contributed by atoms with Gasteiger partial charge >= 0.3 is 0 Å². The van der Waals surface area contributed by atoms with Crippen molar-refractivity contribution in [3.8, 4) is 0 Å². The minimum atomic E-state index is -3.10. The van der Waals surface area contributed by atoms with Gasteiger partial charge in [0.25, 0.3) is 0 Å². The third-order valence-corrected chi connectivity index (χ3v) is 4.99. The van der Waals surface area contributed by atoms with Gasteiger partial charge in [0.1, 0.15) is 15.3 Å². The minimum Gasteiger partial charge on any atom is -0.383 e. The van der Waals surface area contributed by atoms with Gasteiger partial charge in [0.05, 0.1) is 6.61 Å². The summed E-state index contributed by atoms with van der Waals surface area (Å²) in [5.41, 5.74) is 0. The lowest BCUT2D eigenvalue weighted by Crippen LogP contribution is -2.18. The van der Waals surface area contributed by atoms with Crippen LogP contribution in [0.15, 0.2) is 0 Å². The van der Waals surface area contributed by atoms with Crippen LogP contribution in [0.4, 0.5) is 0 Å². The van der Waals surface area contributed by atoms with Gasteiger partial charge in [-0.15, -0.1) is 10.2 Å². The van der Waals surface area contributed by atoms with E-state index in [1.165, 1.54) is 17.6 Å². The molecule has 1 aromatic rings. The first-order chi connectivity index (χ1) is 7.95. The Bertz CT molecular complexity index is 444. The number of aromatic nitrogens is 2. The van der Waals surface area contributed by atoms with Gasteiger partial charge in [-0.3, -0.25) is 0 Å². The summed E-state index contributed by atoms with van der Waals surface area (Å²) in [6.07, 6.45) is 1.20. The zero-order valence-corrected chi connectivity index (χ0v) is 11.8. The predicted molar refractivity (Wildman–Crippen MR) is 66.8 cm³/mol. The molecule has 0 bridgehead atoms. The molecule has 1 rings (SSSR count). The molecule has 0 aromatic carbocycles. The van der Waals surface area contributed by atoms with E-state index in [0.717, 1.165) is 11.6 Å². The van der Waals surface area contributed by atoms with Gasteiger partial charge in [-0.2, -0.15) is 0 Å². The number of sulfone groups is 1. The normalized spacial score (nSPS) is 13.8. The lowest BCUT2D eigenvalue weighted by molar-refractivity contribution is 0.199. The molecule has 0 spiro atoms. The van der Waals surface area contributed by atoms with Crippen molar-refractivity contribution in [3.05, 3.63) is 10.0 Å². The van der Waals surface area contributed by atoms with Gasteiger partial charge < -0.3 is 10.1 Å². The largest absolute Gasteiger partial charge is 0.383 e. The molecular weight excluding hydrogens is 262 g/mol. The van der Waals surface area contributed by atoms with Gasteiger partial charge in [0.2, 0.25) is 0 Å². The smallest absolute Gasteiger partial charge is 0.156 e. The standard InChI is InChI=1S/C9H17N3O3S2/c1-7(17(3,13)14)9-12-11-8(16-9)6-10-4-5-15-2/h7,10H,4-6H2,1-3H3. The molecule has 1 heterocycles. The number of methoxy groups -OCH3 is 1. The van der Waals surface area contributed by atoms with Crippen molar-refractivity contribution in [2.45, 2.75) is 18.7 Å². The molecule has 0 aliphatic rings. The summed E-state index contributed by atoms with van der Waals surface area (Å²) in [4.78, 5) is 0. The third kappa shape index (κ3) is 4.66. The number of ether oxygens (including phenoxy) is 1. The van der Waals surface area contributed by atoms with Crippen molar-refractivity contribution in [1.29, 1.82) is 0 Å². The topological polar surface area (TPSA) is 81.2 Å². The van der Waals surface area contributed by atoms with Crippen molar-refractivity contribution in [3.63, 3.8) is 0 Å². The van der Waals surface area contributed by atoms with Gasteiger partial charge in [0, 0.05) is 26.5 Å². The van der Waals surface area contributed by atoms with Crippen LogP contribution < -0.4 is 5.32 Å². The Balaban J connectivity index is 2.54. The van der Waals surface area contributed by atoms with Crippen molar-refractivity contribution < 1.29 is 13.2 Å². The Morgan fingerprint density at radius 3 is 2.76 bits per heavy atom. The Kier molecular flexibility index (Phi) is 5.44. The molecule has 0 aliphatic carbocycles. The highest BCUT2D eigenvalue weighted by atomic mass is 32.2. The second kappa shape index (κ2) is 6.39. The number of rotatable bonds is 7. The highest BCUT2D eigenvalue weighted by molar-refractivity contribution is 7.91. The first-order valence-corrected chi connectivity index (χ1v) is 7.93. The number of hydrogen-bond acceptors (Lipinski definition) is 7. The van der Waals surface area contributed by atoms with Crippen molar-refractivity contribution in [2.75, 3.05) is 26.5 Å². The molecule has 0 radical (unpaired) electrons. The van der Waals surface area contributed by atoms with Crippen LogP contribution in [0.3, 0.4) is 0 Å². The number of nitrogens with zero attached hydrogens (tertiary/aromatic N) is 2. The minimum absolute atomic E-state index is 0.538. The number of nitrogens with one attached hydrogen (secondary N) is 1. The SMILES string of the molecule is COCCNCc1nnc(C(C)S(C)(=O)=O)s1. The zero-order chi connectivity index (χ0) is 12.9. The molecule has 98 valence electrons. The van der Waals surface area contributed by atoms with Crippen LogP contribution >= 0.6 is 11.3 Å². The van der Waals surface area contributed by atoms with Crippen LogP contribution in [0.2, 0.25) is 0 Å². The fourth-order valence-electron chi connectivity index (χ4n) is 1.05. The fraction of sp³-hybridized carbons (Fsp3) is 0.778. The summed E-state index contributed by atoms with van der Waals surface area (Å²) in [6, 6.07) is 0. The quantitative estimate of drug-likeness (QED) is 0.727.